The molecule has 8 heteroatoms. The lowest BCUT2D eigenvalue weighted by Crippen LogP contribution is -2.20. The van der Waals surface area contributed by atoms with Gasteiger partial charge in [0.1, 0.15) is 43.2 Å². The molecular weight excluding hydrogens is 455 g/mol. The summed E-state index contributed by atoms with van der Waals surface area (Å²) in [6.07, 6.45) is 0.536. The predicted octanol–water partition coefficient (Wildman–Crippen LogP) is 6.01. The number of ketones is 2. The maximum atomic E-state index is 13.9. The van der Waals surface area contributed by atoms with Gasteiger partial charge in [-0.1, -0.05) is 38.5 Å². The van der Waals surface area contributed by atoms with Gasteiger partial charge >= 0.3 is 0 Å². The van der Waals surface area contributed by atoms with Crippen molar-refractivity contribution in [2.45, 2.75) is 34.1 Å². The molecule has 2 rings (SSSR count). The first-order valence-electron chi connectivity index (χ1n) is 10.5. The van der Waals surface area contributed by atoms with Gasteiger partial charge in [-0.2, -0.15) is 0 Å². The zero-order chi connectivity index (χ0) is 26.1. The fraction of sp³-hybridized carbons (Fsp3) is 0.385. The maximum Gasteiger partial charge on any atom is 0.204 e. The zero-order valence-electron chi connectivity index (χ0n) is 21.0. The quantitative estimate of drug-likeness (QED) is 0.140. The minimum absolute atomic E-state index is 0.0468. The largest absolute Gasteiger partial charge is 0.496 e. The highest BCUT2D eigenvalue weighted by Crippen LogP contribution is 2.37. The Morgan fingerprint density at radius 1 is 0.706 bits per heavy atom. The number of rotatable bonds is 9. The van der Waals surface area contributed by atoms with Crippen LogP contribution in [0.2, 0.25) is 0 Å². The van der Waals surface area contributed by atoms with Crippen LogP contribution in [0, 0.1) is 5.41 Å². The Bertz CT molecular complexity index is 938. The van der Waals surface area contributed by atoms with E-state index >= 15 is 0 Å². The van der Waals surface area contributed by atoms with Crippen LogP contribution in [0.25, 0.3) is 0 Å². The summed E-state index contributed by atoms with van der Waals surface area (Å²) in [5.74, 6) is 0.369. The van der Waals surface area contributed by atoms with Crippen molar-refractivity contribution in [2.75, 3.05) is 28.4 Å². The average Bonchev–Trinajstić information content (AvgIpc) is 2.82. The van der Waals surface area contributed by atoms with Crippen LogP contribution in [0.1, 0.15) is 54.8 Å². The molecule has 7 nitrogen and oxygen atoms in total. The molecule has 0 saturated heterocycles. The van der Waals surface area contributed by atoms with E-state index in [-0.39, 0.29) is 22.1 Å². The van der Waals surface area contributed by atoms with E-state index in [4.69, 9.17) is 23.5 Å². The van der Waals surface area contributed by atoms with Crippen LogP contribution in [0.4, 0.5) is 0 Å². The van der Waals surface area contributed by atoms with Crippen molar-refractivity contribution in [1.29, 1.82) is 0 Å². The first-order chi connectivity index (χ1) is 16.1. The van der Waals surface area contributed by atoms with Crippen LogP contribution in [0.15, 0.2) is 47.5 Å². The number of hydrogen-bond donors (Lipinski definition) is 0. The second-order valence-corrected chi connectivity index (χ2v) is 8.63. The lowest BCUT2D eigenvalue weighted by atomic mass is 9.82. The number of carbonyl (C=O) groups is 2. The van der Waals surface area contributed by atoms with Crippen molar-refractivity contribution < 1.29 is 33.1 Å². The third-order valence-corrected chi connectivity index (χ3v) is 4.99. The molecule has 184 valence electrons. The SMILES string of the molecule is COc1cccc(OC)c1C(=O)C(C(=O)c1c(OC)cccc1OC)=C(C)CC(C)(C)C.O=P. The van der Waals surface area contributed by atoms with Gasteiger partial charge in [-0.05, 0) is 43.0 Å². The molecule has 2 aromatic carbocycles. The molecule has 0 atom stereocenters. The van der Waals surface area contributed by atoms with E-state index in [1.54, 1.807) is 52.4 Å². The summed E-state index contributed by atoms with van der Waals surface area (Å²) >= 11 is 0. The van der Waals surface area contributed by atoms with Gasteiger partial charge in [0.25, 0.3) is 0 Å². The van der Waals surface area contributed by atoms with E-state index in [1.165, 1.54) is 28.4 Å². The van der Waals surface area contributed by atoms with Gasteiger partial charge in [0.05, 0.1) is 34.0 Å². The average molecular weight is 489 g/mol. The van der Waals surface area contributed by atoms with E-state index in [0.29, 0.717) is 35.0 Å². The maximum absolute atomic E-state index is 13.9. The summed E-state index contributed by atoms with van der Waals surface area (Å²) in [5.41, 5.74) is 0.955. The van der Waals surface area contributed by atoms with Crippen molar-refractivity contribution in [3.05, 3.63) is 58.7 Å². The molecule has 0 heterocycles. The van der Waals surface area contributed by atoms with E-state index < -0.39 is 11.6 Å². The lowest BCUT2D eigenvalue weighted by Gasteiger charge is -2.22. The summed E-state index contributed by atoms with van der Waals surface area (Å²) in [7, 11) is 7.62. The summed E-state index contributed by atoms with van der Waals surface area (Å²) in [5, 5.41) is 0. The molecule has 0 spiro atoms. The molecule has 0 amide bonds. The summed E-state index contributed by atoms with van der Waals surface area (Å²) in [4.78, 5) is 27.9. The molecule has 0 aliphatic carbocycles. The standard InChI is InChI=1S/C26H32O6.HOP/c1-16(15-26(2,3)4)21(24(27)22-17(29-5)11-9-12-18(22)30-6)25(28)23-19(31-7)13-10-14-20(23)32-8;1-2/h9-14H,15H2,1-8H3;2H. The van der Waals surface area contributed by atoms with Gasteiger partial charge in [-0.15, -0.1) is 0 Å². The molecule has 0 aliphatic heterocycles. The van der Waals surface area contributed by atoms with Gasteiger partial charge in [-0.3, -0.25) is 14.2 Å². The molecular formula is C26H33O7P. The molecule has 0 aliphatic rings. The number of carbonyl (C=O) groups excluding carboxylic acids is 2. The van der Waals surface area contributed by atoms with E-state index in [9.17, 15) is 9.59 Å². The molecule has 0 aromatic heterocycles. The third-order valence-electron chi connectivity index (χ3n) is 4.99. The first kappa shape index (κ1) is 28.9. The Kier molecular flexibility index (Phi) is 10.9. The number of ether oxygens (including phenoxy) is 4. The fourth-order valence-electron chi connectivity index (χ4n) is 3.77. The Labute approximate surface area is 203 Å². The number of benzene rings is 2. The minimum atomic E-state index is -0.473. The molecule has 0 radical (unpaired) electrons. The highest BCUT2D eigenvalue weighted by atomic mass is 31.0. The molecule has 0 fully saturated rings. The molecule has 34 heavy (non-hydrogen) atoms. The second kappa shape index (κ2) is 12.9. The monoisotopic (exact) mass is 488 g/mol. The minimum Gasteiger partial charge on any atom is -0.496 e. The number of allylic oxidation sites excluding steroid dienone is 2. The van der Waals surface area contributed by atoms with E-state index in [0.717, 1.165) is 0 Å². The molecule has 0 bridgehead atoms. The third kappa shape index (κ3) is 6.67. The van der Waals surface area contributed by atoms with Gasteiger partial charge in [0.2, 0.25) is 11.6 Å². The number of methoxy groups -OCH3 is 4. The summed E-state index contributed by atoms with van der Waals surface area (Å²) in [6.45, 7) is 7.96. The fourth-order valence-corrected chi connectivity index (χ4v) is 3.77. The van der Waals surface area contributed by atoms with Crippen molar-refractivity contribution in [3.8, 4) is 23.0 Å². The van der Waals surface area contributed by atoms with Crippen molar-refractivity contribution in [3.63, 3.8) is 0 Å². The van der Waals surface area contributed by atoms with Gasteiger partial charge in [0.15, 0.2) is 0 Å². The van der Waals surface area contributed by atoms with Crippen LogP contribution in [0.5, 0.6) is 23.0 Å². The second-order valence-electron chi connectivity index (χ2n) is 8.63. The van der Waals surface area contributed by atoms with Crippen LogP contribution < -0.4 is 18.9 Å². The number of hydrogen-bond acceptors (Lipinski definition) is 7. The highest BCUT2D eigenvalue weighted by Gasteiger charge is 2.32. The predicted molar refractivity (Wildman–Crippen MR) is 134 cm³/mol. The van der Waals surface area contributed by atoms with Crippen molar-refractivity contribution >= 4 is 20.7 Å². The van der Waals surface area contributed by atoms with Crippen LogP contribution in [-0.4, -0.2) is 40.0 Å². The Balaban J connectivity index is 0.00000281. The molecule has 0 N–H and O–H groups in total. The smallest absolute Gasteiger partial charge is 0.204 e. The molecule has 0 saturated carbocycles. The molecule has 2 aromatic rings. The Morgan fingerprint density at radius 2 is 1.00 bits per heavy atom. The van der Waals surface area contributed by atoms with E-state index in [2.05, 4.69) is 20.8 Å². The van der Waals surface area contributed by atoms with E-state index in [1.807, 2.05) is 0 Å². The Hall–Kier alpha value is -3.18. The van der Waals surface area contributed by atoms with Crippen molar-refractivity contribution in [2.24, 2.45) is 5.41 Å². The van der Waals surface area contributed by atoms with Gasteiger partial charge in [-0.25, -0.2) is 0 Å². The Morgan fingerprint density at radius 3 is 1.24 bits per heavy atom. The normalized spacial score (nSPS) is 10.4. The highest BCUT2D eigenvalue weighted by molar-refractivity contribution is 7.00. The van der Waals surface area contributed by atoms with Gasteiger partial charge in [0, 0.05) is 0 Å². The first-order valence-corrected chi connectivity index (χ1v) is 10.9. The zero-order valence-corrected chi connectivity index (χ0v) is 22.0. The lowest BCUT2D eigenvalue weighted by molar-refractivity contribution is 0.0954. The van der Waals surface area contributed by atoms with Crippen LogP contribution in [0.3, 0.4) is 0 Å². The summed E-state index contributed by atoms with van der Waals surface area (Å²) in [6, 6.07) is 10.1. The van der Waals surface area contributed by atoms with Gasteiger partial charge < -0.3 is 18.9 Å². The summed E-state index contributed by atoms with van der Waals surface area (Å²) < 4.78 is 29.8. The molecule has 0 unspecified atom stereocenters. The van der Waals surface area contributed by atoms with Crippen LogP contribution in [-0.2, 0) is 4.57 Å². The van der Waals surface area contributed by atoms with Crippen molar-refractivity contribution in [1.82, 2.24) is 0 Å². The van der Waals surface area contributed by atoms with Crippen LogP contribution >= 0.6 is 9.12 Å². The number of Topliss-reactive ketones (excluding diaryl/α,β-unsaturated/α-hetero) is 2. The topological polar surface area (TPSA) is 88.1 Å².